The molecule has 0 radical (unpaired) electrons. The Bertz CT molecular complexity index is 583. The quantitative estimate of drug-likeness (QED) is 0.917. The van der Waals surface area contributed by atoms with Crippen molar-refractivity contribution in [3.05, 3.63) is 24.3 Å². The van der Waals surface area contributed by atoms with Gasteiger partial charge in [-0.1, -0.05) is 19.3 Å². The van der Waals surface area contributed by atoms with Crippen LogP contribution in [0.25, 0.3) is 0 Å². The zero-order chi connectivity index (χ0) is 17.2. The molecule has 3 fully saturated rings. The number of rotatable bonds is 3. The standard InChI is InChI=1S/C20H29N3O2/c1-25-19-9-7-18(8-10-19)22-11-15-13-23(14-16(15)12-22)20(24)21-17-5-3-2-4-6-17/h7-10,15-17H,2-6,11-14H2,1H3,(H,21,24)/t15-,16+. The summed E-state index contributed by atoms with van der Waals surface area (Å²) in [6.45, 7) is 3.89. The second kappa shape index (κ2) is 7.14. The summed E-state index contributed by atoms with van der Waals surface area (Å²) in [5.41, 5.74) is 1.26. The summed E-state index contributed by atoms with van der Waals surface area (Å²) in [5.74, 6) is 2.09. The highest BCUT2D eigenvalue weighted by atomic mass is 16.5. The Hall–Kier alpha value is -1.91. The van der Waals surface area contributed by atoms with E-state index in [4.69, 9.17) is 4.74 Å². The van der Waals surface area contributed by atoms with Crippen LogP contribution in [0.2, 0.25) is 0 Å². The summed E-state index contributed by atoms with van der Waals surface area (Å²) >= 11 is 0. The summed E-state index contributed by atoms with van der Waals surface area (Å²) in [7, 11) is 1.70. The normalized spacial score (nSPS) is 26.6. The van der Waals surface area contributed by atoms with E-state index in [1.165, 1.54) is 24.9 Å². The Morgan fingerprint density at radius 3 is 2.24 bits per heavy atom. The number of fused-ring (bicyclic) bond motifs is 1. The van der Waals surface area contributed by atoms with Crippen LogP contribution in [0.1, 0.15) is 32.1 Å². The van der Waals surface area contributed by atoms with E-state index in [9.17, 15) is 4.79 Å². The molecular weight excluding hydrogens is 314 g/mol. The SMILES string of the molecule is COc1ccc(N2C[C@H]3CN(C(=O)NC4CCCCC4)C[C@H]3C2)cc1. The molecule has 0 spiro atoms. The van der Waals surface area contributed by atoms with E-state index in [1.54, 1.807) is 7.11 Å². The van der Waals surface area contributed by atoms with E-state index in [1.807, 2.05) is 12.1 Å². The van der Waals surface area contributed by atoms with Crippen molar-refractivity contribution in [3.8, 4) is 5.75 Å². The molecule has 1 aromatic carbocycles. The molecule has 2 heterocycles. The van der Waals surface area contributed by atoms with Gasteiger partial charge in [-0.05, 0) is 37.1 Å². The molecule has 0 bridgehead atoms. The number of ether oxygens (including phenoxy) is 1. The summed E-state index contributed by atoms with van der Waals surface area (Å²) in [6.07, 6.45) is 6.14. The molecule has 2 saturated heterocycles. The molecule has 2 aliphatic heterocycles. The Morgan fingerprint density at radius 1 is 1.00 bits per heavy atom. The predicted molar refractivity (Wildman–Crippen MR) is 99.2 cm³/mol. The van der Waals surface area contributed by atoms with Gasteiger partial charge >= 0.3 is 6.03 Å². The van der Waals surface area contributed by atoms with Crippen LogP contribution in [0.3, 0.4) is 0 Å². The van der Waals surface area contributed by atoms with Crippen molar-refractivity contribution < 1.29 is 9.53 Å². The van der Waals surface area contributed by atoms with Gasteiger partial charge in [0.05, 0.1) is 7.11 Å². The molecule has 1 aromatic rings. The zero-order valence-corrected chi connectivity index (χ0v) is 15.1. The lowest BCUT2D eigenvalue weighted by Crippen LogP contribution is -2.45. The fraction of sp³-hybridized carbons (Fsp3) is 0.650. The summed E-state index contributed by atoms with van der Waals surface area (Å²) in [5, 5.41) is 3.27. The van der Waals surface area contributed by atoms with Crippen molar-refractivity contribution in [2.24, 2.45) is 11.8 Å². The third-order valence-electron chi connectivity index (χ3n) is 6.14. The second-order valence-corrected chi connectivity index (χ2v) is 7.81. The van der Waals surface area contributed by atoms with Crippen molar-refractivity contribution in [3.63, 3.8) is 0 Å². The number of carbonyl (C=O) groups excluding carboxylic acids is 1. The van der Waals surface area contributed by atoms with E-state index in [-0.39, 0.29) is 6.03 Å². The molecule has 25 heavy (non-hydrogen) atoms. The fourth-order valence-electron chi connectivity index (χ4n) is 4.68. The second-order valence-electron chi connectivity index (χ2n) is 7.81. The van der Waals surface area contributed by atoms with Crippen LogP contribution < -0.4 is 15.0 Å². The van der Waals surface area contributed by atoms with Gasteiger partial charge in [0.25, 0.3) is 0 Å². The molecule has 1 aliphatic carbocycles. The molecule has 136 valence electrons. The molecule has 1 N–H and O–H groups in total. The third-order valence-corrected chi connectivity index (χ3v) is 6.14. The number of amides is 2. The highest BCUT2D eigenvalue weighted by Gasteiger charge is 2.41. The number of carbonyl (C=O) groups is 1. The van der Waals surface area contributed by atoms with Gasteiger partial charge in [0.15, 0.2) is 0 Å². The van der Waals surface area contributed by atoms with Gasteiger partial charge in [-0.2, -0.15) is 0 Å². The first-order chi connectivity index (χ1) is 12.2. The van der Waals surface area contributed by atoms with E-state index in [0.717, 1.165) is 44.8 Å². The first kappa shape index (κ1) is 16.6. The average molecular weight is 343 g/mol. The smallest absolute Gasteiger partial charge is 0.317 e. The number of methoxy groups -OCH3 is 1. The van der Waals surface area contributed by atoms with Crippen molar-refractivity contribution in [2.75, 3.05) is 38.2 Å². The van der Waals surface area contributed by atoms with Crippen molar-refractivity contribution in [2.45, 2.75) is 38.1 Å². The molecule has 1 saturated carbocycles. The number of hydrogen-bond acceptors (Lipinski definition) is 3. The van der Waals surface area contributed by atoms with E-state index < -0.39 is 0 Å². The van der Waals surface area contributed by atoms with Gasteiger partial charge < -0.3 is 19.9 Å². The first-order valence-electron chi connectivity index (χ1n) is 9.67. The number of likely N-dealkylation sites (tertiary alicyclic amines) is 1. The first-order valence-corrected chi connectivity index (χ1v) is 9.67. The maximum atomic E-state index is 12.6. The topological polar surface area (TPSA) is 44.8 Å². The van der Waals surface area contributed by atoms with E-state index >= 15 is 0 Å². The van der Waals surface area contributed by atoms with Gasteiger partial charge in [-0.25, -0.2) is 4.79 Å². The Balaban J connectivity index is 1.30. The van der Waals surface area contributed by atoms with Gasteiger partial charge in [-0.15, -0.1) is 0 Å². The maximum Gasteiger partial charge on any atom is 0.317 e. The molecule has 3 aliphatic rings. The fourth-order valence-corrected chi connectivity index (χ4v) is 4.68. The Morgan fingerprint density at radius 2 is 1.64 bits per heavy atom. The molecule has 4 rings (SSSR count). The number of urea groups is 1. The van der Waals surface area contributed by atoms with Crippen LogP contribution in [0.5, 0.6) is 5.75 Å². The van der Waals surface area contributed by atoms with Crippen LogP contribution in [0, 0.1) is 11.8 Å². The van der Waals surface area contributed by atoms with E-state index in [0.29, 0.717) is 17.9 Å². The van der Waals surface area contributed by atoms with Gasteiger partial charge in [0.1, 0.15) is 5.75 Å². The lowest BCUT2D eigenvalue weighted by molar-refractivity contribution is 0.197. The molecule has 0 aromatic heterocycles. The monoisotopic (exact) mass is 343 g/mol. The lowest BCUT2D eigenvalue weighted by atomic mass is 9.96. The highest BCUT2D eigenvalue weighted by Crippen LogP contribution is 2.34. The summed E-state index contributed by atoms with van der Waals surface area (Å²) < 4.78 is 5.24. The number of nitrogens with one attached hydrogen (secondary N) is 1. The van der Waals surface area contributed by atoms with Gasteiger partial charge in [0.2, 0.25) is 0 Å². The molecular formula is C20H29N3O2. The number of hydrogen-bond donors (Lipinski definition) is 1. The minimum absolute atomic E-state index is 0.164. The minimum Gasteiger partial charge on any atom is -0.497 e. The van der Waals surface area contributed by atoms with Gasteiger partial charge in [0, 0.05) is 49.7 Å². The van der Waals surface area contributed by atoms with E-state index in [2.05, 4.69) is 27.2 Å². The molecule has 2 amide bonds. The highest BCUT2D eigenvalue weighted by molar-refractivity contribution is 5.75. The average Bonchev–Trinajstić information content (AvgIpc) is 3.22. The van der Waals surface area contributed by atoms with Crippen molar-refractivity contribution in [1.29, 1.82) is 0 Å². The maximum absolute atomic E-state index is 12.6. The molecule has 2 atom stereocenters. The van der Waals surface area contributed by atoms with Crippen LogP contribution in [-0.2, 0) is 0 Å². The third kappa shape index (κ3) is 3.55. The van der Waals surface area contributed by atoms with Crippen molar-refractivity contribution in [1.82, 2.24) is 10.2 Å². The van der Waals surface area contributed by atoms with Gasteiger partial charge in [-0.3, -0.25) is 0 Å². The number of benzene rings is 1. The number of nitrogens with zero attached hydrogens (tertiary/aromatic N) is 2. The molecule has 5 heteroatoms. The Labute approximate surface area is 150 Å². The van der Waals surface area contributed by atoms with Crippen molar-refractivity contribution >= 4 is 11.7 Å². The van der Waals surface area contributed by atoms with Crippen LogP contribution in [0.4, 0.5) is 10.5 Å². The van der Waals surface area contributed by atoms with Crippen LogP contribution >= 0.6 is 0 Å². The predicted octanol–water partition coefficient (Wildman–Crippen LogP) is 3.11. The minimum atomic E-state index is 0.164. The largest absolute Gasteiger partial charge is 0.497 e. The molecule has 0 unspecified atom stereocenters. The number of anilines is 1. The Kier molecular flexibility index (Phi) is 4.73. The van der Waals surface area contributed by atoms with Crippen LogP contribution in [0.15, 0.2) is 24.3 Å². The molecule has 5 nitrogen and oxygen atoms in total. The summed E-state index contributed by atoms with van der Waals surface area (Å²) in [4.78, 5) is 17.1. The lowest BCUT2D eigenvalue weighted by Gasteiger charge is -2.27. The zero-order valence-electron chi connectivity index (χ0n) is 15.1. The summed E-state index contributed by atoms with van der Waals surface area (Å²) in [6, 6.07) is 8.87. The van der Waals surface area contributed by atoms with Crippen LogP contribution in [-0.4, -0.2) is 50.3 Å².